The molecule has 0 aliphatic carbocycles. The lowest BCUT2D eigenvalue weighted by atomic mass is 10.00. The molecular formula is C18H24N2O2. The number of hydrogen-bond donors (Lipinski definition) is 2. The topological polar surface area (TPSA) is 54.3 Å². The summed E-state index contributed by atoms with van der Waals surface area (Å²) in [6.07, 6.45) is 4.10. The first-order valence-corrected chi connectivity index (χ1v) is 8.03. The van der Waals surface area contributed by atoms with Gasteiger partial charge in [0.1, 0.15) is 5.58 Å². The normalized spacial score (nSPS) is 22.0. The third-order valence-electron chi connectivity index (χ3n) is 4.61. The molecule has 1 aliphatic heterocycles. The van der Waals surface area contributed by atoms with Crippen LogP contribution in [0.15, 0.2) is 22.8 Å². The van der Waals surface area contributed by atoms with Gasteiger partial charge in [0.25, 0.3) is 0 Å². The second-order valence-electron chi connectivity index (χ2n) is 6.51. The molecule has 0 spiro atoms. The fourth-order valence-corrected chi connectivity index (χ4v) is 3.19. The molecule has 2 heterocycles. The van der Waals surface area contributed by atoms with Crippen LogP contribution >= 0.6 is 0 Å². The molecule has 2 N–H and O–H groups in total. The number of fused-ring (bicyclic) bond motifs is 1. The van der Waals surface area contributed by atoms with Crippen molar-refractivity contribution in [3.8, 4) is 0 Å². The van der Waals surface area contributed by atoms with E-state index in [0.717, 1.165) is 35.9 Å². The molecule has 1 fully saturated rings. The van der Waals surface area contributed by atoms with E-state index < -0.39 is 0 Å². The maximum absolute atomic E-state index is 12.3. The molecule has 0 saturated carbocycles. The molecule has 2 atom stereocenters. The standard InChI is InChI=1S/C18H24N2O2/c1-11-6-16-14(10-22-17(16)7-12(11)2)9-18(21)20-15-4-5-19-13(3)8-15/h6-7,10,13,15,19H,4-5,8-9H2,1-3H3,(H,20,21). The van der Waals surface area contributed by atoms with E-state index in [2.05, 4.69) is 37.5 Å². The molecule has 118 valence electrons. The van der Waals surface area contributed by atoms with Gasteiger partial charge in [-0.1, -0.05) is 0 Å². The highest BCUT2D eigenvalue weighted by Crippen LogP contribution is 2.25. The van der Waals surface area contributed by atoms with Crippen molar-refractivity contribution in [1.82, 2.24) is 10.6 Å². The summed E-state index contributed by atoms with van der Waals surface area (Å²) in [6, 6.07) is 4.91. The molecule has 1 aromatic heterocycles. The molecular weight excluding hydrogens is 276 g/mol. The first-order valence-electron chi connectivity index (χ1n) is 8.03. The van der Waals surface area contributed by atoms with Gasteiger partial charge in [0, 0.05) is 23.0 Å². The summed E-state index contributed by atoms with van der Waals surface area (Å²) in [7, 11) is 0. The van der Waals surface area contributed by atoms with E-state index in [1.54, 1.807) is 6.26 Å². The van der Waals surface area contributed by atoms with E-state index in [1.807, 2.05) is 6.07 Å². The quantitative estimate of drug-likeness (QED) is 0.916. The number of nitrogens with one attached hydrogen (secondary N) is 2. The summed E-state index contributed by atoms with van der Waals surface area (Å²) in [5.41, 5.74) is 4.27. The molecule has 0 bridgehead atoms. The van der Waals surface area contributed by atoms with E-state index in [0.29, 0.717) is 12.5 Å². The Labute approximate surface area is 131 Å². The lowest BCUT2D eigenvalue weighted by molar-refractivity contribution is -0.121. The Hall–Kier alpha value is -1.81. The lowest BCUT2D eigenvalue weighted by Crippen LogP contribution is -2.46. The van der Waals surface area contributed by atoms with Gasteiger partial charge < -0.3 is 15.1 Å². The van der Waals surface area contributed by atoms with Crippen LogP contribution in [0.5, 0.6) is 0 Å². The van der Waals surface area contributed by atoms with Crippen LogP contribution in [0.1, 0.15) is 36.5 Å². The van der Waals surface area contributed by atoms with Crippen molar-refractivity contribution in [2.75, 3.05) is 6.54 Å². The zero-order valence-electron chi connectivity index (χ0n) is 13.5. The fraction of sp³-hybridized carbons (Fsp3) is 0.500. The average Bonchev–Trinajstić information content (AvgIpc) is 2.81. The molecule has 2 unspecified atom stereocenters. The van der Waals surface area contributed by atoms with Gasteiger partial charge in [-0.3, -0.25) is 4.79 Å². The lowest BCUT2D eigenvalue weighted by Gasteiger charge is -2.28. The van der Waals surface area contributed by atoms with Crippen LogP contribution in [-0.2, 0) is 11.2 Å². The number of carbonyl (C=O) groups is 1. The first-order chi connectivity index (χ1) is 10.5. The minimum Gasteiger partial charge on any atom is -0.464 e. The number of rotatable bonds is 3. The molecule has 4 heteroatoms. The van der Waals surface area contributed by atoms with Crippen molar-refractivity contribution in [2.45, 2.75) is 52.1 Å². The molecule has 1 amide bonds. The van der Waals surface area contributed by atoms with Crippen molar-refractivity contribution < 1.29 is 9.21 Å². The van der Waals surface area contributed by atoms with Gasteiger partial charge >= 0.3 is 0 Å². The zero-order valence-corrected chi connectivity index (χ0v) is 13.5. The zero-order chi connectivity index (χ0) is 15.7. The minimum atomic E-state index is 0.0834. The summed E-state index contributed by atoms with van der Waals surface area (Å²) in [5, 5.41) is 7.61. The molecule has 1 saturated heterocycles. The molecule has 3 rings (SSSR count). The fourth-order valence-electron chi connectivity index (χ4n) is 3.19. The summed E-state index contributed by atoms with van der Waals surface area (Å²) in [6.45, 7) is 7.29. The number of carbonyl (C=O) groups excluding carboxylic acids is 1. The molecule has 22 heavy (non-hydrogen) atoms. The van der Waals surface area contributed by atoms with Crippen molar-refractivity contribution >= 4 is 16.9 Å². The number of hydrogen-bond acceptors (Lipinski definition) is 3. The van der Waals surface area contributed by atoms with Gasteiger partial charge in [0.05, 0.1) is 12.7 Å². The van der Waals surface area contributed by atoms with Gasteiger partial charge in [-0.25, -0.2) is 0 Å². The SMILES string of the molecule is Cc1cc2occ(CC(=O)NC3CCNC(C)C3)c2cc1C. The second kappa shape index (κ2) is 6.13. The summed E-state index contributed by atoms with van der Waals surface area (Å²) >= 11 is 0. The first kappa shape index (κ1) is 15.1. The molecule has 0 radical (unpaired) electrons. The second-order valence-corrected chi connectivity index (χ2v) is 6.51. The van der Waals surface area contributed by atoms with Gasteiger partial charge in [-0.2, -0.15) is 0 Å². The number of amides is 1. The Morgan fingerprint density at radius 3 is 2.91 bits per heavy atom. The van der Waals surface area contributed by atoms with Crippen LogP contribution in [0, 0.1) is 13.8 Å². The van der Waals surface area contributed by atoms with Crippen molar-refractivity contribution in [3.05, 3.63) is 35.1 Å². The van der Waals surface area contributed by atoms with Crippen LogP contribution in [0.3, 0.4) is 0 Å². The van der Waals surface area contributed by atoms with Crippen molar-refractivity contribution in [2.24, 2.45) is 0 Å². The Bertz CT molecular complexity index is 690. The number of aryl methyl sites for hydroxylation is 2. The van der Waals surface area contributed by atoms with Gasteiger partial charge in [0.2, 0.25) is 5.91 Å². The smallest absolute Gasteiger partial charge is 0.224 e. The average molecular weight is 300 g/mol. The van der Waals surface area contributed by atoms with Crippen LogP contribution in [0.4, 0.5) is 0 Å². The molecule has 4 nitrogen and oxygen atoms in total. The Kier molecular flexibility index (Phi) is 4.21. The number of benzene rings is 1. The van der Waals surface area contributed by atoms with Crippen LogP contribution in [0.25, 0.3) is 11.0 Å². The Morgan fingerprint density at radius 1 is 1.36 bits per heavy atom. The molecule has 1 aliphatic rings. The van der Waals surface area contributed by atoms with Crippen molar-refractivity contribution in [3.63, 3.8) is 0 Å². The monoisotopic (exact) mass is 300 g/mol. The highest BCUT2D eigenvalue weighted by Gasteiger charge is 2.20. The Morgan fingerprint density at radius 2 is 2.14 bits per heavy atom. The van der Waals surface area contributed by atoms with E-state index in [4.69, 9.17) is 4.42 Å². The summed E-state index contributed by atoms with van der Waals surface area (Å²) < 4.78 is 5.60. The largest absolute Gasteiger partial charge is 0.464 e. The summed E-state index contributed by atoms with van der Waals surface area (Å²) in [4.78, 5) is 12.3. The van der Waals surface area contributed by atoms with Crippen LogP contribution < -0.4 is 10.6 Å². The highest BCUT2D eigenvalue weighted by atomic mass is 16.3. The van der Waals surface area contributed by atoms with E-state index in [9.17, 15) is 4.79 Å². The van der Waals surface area contributed by atoms with Crippen LogP contribution in [0.2, 0.25) is 0 Å². The van der Waals surface area contributed by atoms with Gasteiger partial charge in [-0.15, -0.1) is 0 Å². The third kappa shape index (κ3) is 3.17. The number of piperidine rings is 1. The maximum atomic E-state index is 12.3. The molecule has 1 aromatic carbocycles. The predicted molar refractivity (Wildman–Crippen MR) is 88.0 cm³/mol. The summed E-state index contributed by atoms with van der Waals surface area (Å²) in [5.74, 6) is 0.0834. The number of furan rings is 1. The van der Waals surface area contributed by atoms with E-state index in [-0.39, 0.29) is 11.9 Å². The van der Waals surface area contributed by atoms with E-state index in [1.165, 1.54) is 11.1 Å². The van der Waals surface area contributed by atoms with Gasteiger partial charge in [-0.05, 0) is 63.4 Å². The Balaban J connectivity index is 1.70. The highest BCUT2D eigenvalue weighted by molar-refractivity contribution is 5.88. The maximum Gasteiger partial charge on any atom is 0.224 e. The van der Waals surface area contributed by atoms with Crippen LogP contribution in [-0.4, -0.2) is 24.5 Å². The van der Waals surface area contributed by atoms with Gasteiger partial charge in [0.15, 0.2) is 0 Å². The molecule has 2 aromatic rings. The minimum absolute atomic E-state index is 0.0834. The third-order valence-corrected chi connectivity index (χ3v) is 4.61. The van der Waals surface area contributed by atoms with Crippen molar-refractivity contribution in [1.29, 1.82) is 0 Å². The predicted octanol–water partition coefficient (Wildman–Crippen LogP) is 2.85. The van der Waals surface area contributed by atoms with E-state index >= 15 is 0 Å².